The number of likely N-dealkylation sites (tertiary alicyclic amines) is 1. The molecule has 1 aliphatic rings. The minimum absolute atomic E-state index is 0.143. The molecule has 0 saturated carbocycles. The van der Waals surface area contributed by atoms with Crippen LogP contribution >= 0.6 is 0 Å². The minimum atomic E-state index is 0.143. The monoisotopic (exact) mass is 287 g/mol. The van der Waals surface area contributed by atoms with Crippen molar-refractivity contribution in [2.24, 2.45) is 11.3 Å². The van der Waals surface area contributed by atoms with Gasteiger partial charge in [-0.3, -0.25) is 9.69 Å². The zero-order valence-corrected chi connectivity index (χ0v) is 14.0. The first kappa shape index (κ1) is 16.2. The van der Waals surface area contributed by atoms with Crippen LogP contribution in [0.15, 0.2) is 24.3 Å². The van der Waals surface area contributed by atoms with E-state index in [0.717, 1.165) is 18.0 Å². The van der Waals surface area contributed by atoms with Crippen LogP contribution < -0.4 is 0 Å². The average molecular weight is 287 g/mol. The Morgan fingerprint density at radius 3 is 2.48 bits per heavy atom. The van der Waals surface area contributed by atoms with E-state index in [-0.39, 0.29) is 5.78 Å². The van der Waals surface area contributed by atoms with Crippen LogP contribution in [0.1, 0.15) is 62.9 Å². The first-order chi connectivity index (χ1) is 9.83. The van der Waals surface area contributed by atoms with E-state index in [9.17, 15) is 4.79 Å². The lowest BCUT2D eigenvalue weighted by Gasteiger charge is -2.35. The highest BCUT2D eigenvalue weighted by Crippen LogP contribution is 2.30. The summed E-state index contributed by atoms with van der Waals surface area (Å²) in [5.74, 6) is 0.972. The van der Waals surface area contributed by atoms with Crippen molar-refractivity contribution in [3.8, 4) is 0 Å². The van der Waals surface area contributed by atoms with Gasteiger partial charge in [0.05, 0.1) is 0 Å². The second kappa shape index (κ2) is 6.74. The number of carbonyl (C=O) groups excluding carboxylic acids is 1. The molecule has 0 aromatic heterocycles. The molecule has 0 radical (unpaired) electrons. The Labute approximate surface area is 129 Å². The Bertz CT molecular complexity index is 469. The summed E-state index contributed by atoms with van der Waals surface area (Å²) in [7, 11) is 0. The molecule has 1 fully saturated rings. The highest BCUT2D eigenvalue weighted by Gasteiger charge is 2.24. The summed E-state index contributed by atoms with van der Waals surface area (Å²) < 4.78 is 0. The van der Waals surface area contributed by atoms with Gasteiger partial charge in [-0.15, -0.1) is 0 Å². The van der Waals surface area contributed by atoms with Gasteiger partial charge in [0.1, 0.15) is 0 Å². The van der Waals surface area contributed by atoms with Gasteiger partial charge in [0.25, 0.3) is 0 Å². The van der Waals surface area contributed by atoms with Gasteiger partial charge in [-0.2, -0.15) is 0 Å². The van der Waals surface area contributed by atoms with Crippen molar-refractivity contribution >= 4 is 5.78 Å². The van der Waals surface area contributed by atoms with Gasteiger partial charge in [-0.25, -0.2) is 0 Å². The largest absolute Gasteiger partial charge is 0.299 e. The molecular weight excluding hydrogens is 258 g/mol. The minimum Gasteiger partial charge on any atom is -0.299 e. The SMILES string of the molecule is CC(=O)c1ccc(CN2CCCC(CC(C)(C)C)C2)cc1. The molecule has 1 saturated heterocycles. The predicted molar refractivity (Wildman–Crippen MR) is 88.5 cm³/mol. The average Bonchev–Trinajstić information content (AvgIpc) is 2.37. The lowest BCUT2D eigenvalue weighted by atomic mass is 9.81. The summed E-state index contributed by atoms with van der Waals surface area (Å²) in [6.45, 7) is 12.1. The van der Waals surface area contributed by atoms with E-state index in [1.54, 1.807) is 6.92 Å². The van der Waals surface area contributed by atoms with E-state index in [4.69, 9.17) is 0 Å². The van der Waals surface area contributed by atoms with Crippen molar-refractivity contribution in [2.75, 3.05) is 13.1 Å². The van der Waals surface area contributed by atoms with Crippen molar-refractivity contribution in [3.63, 3.8) is 0 Å². The third-order valence-electron chi connectivity index (χ3n) is 4.27. The molecule has 116 valence electrons. The highest BCUT2D eigenvalue weighted by molar-refractivity contribution is 5.93. The Morgan fingerprint density at radius 1 is 1.24 bits per heavy atom. The molecule has 2 heteroatoms. The Kier molecular flexibility index (Phi) is 5.21. The lowest BCUT2D eigenvalue weighted by Crippen LogP contribution is -2.36. The van der Waals surface area contributed by atoms with Crippen LogP contribution in [0.2, 0.25) is 0 Å². The smallest absolute Gasteiger partial charge is 0.159 e. The van der Waals surface area contributed by atoms with Gasteiger partial charge >= 0.3 is 0 Å². The maximum absolute atomic E-state index is 11.3. The quantitative estimate of drug-likeness (QED) is 0.758. The van der Waals surface area contributed by atoms with Crippen LogP contribution in [0.4, 0.5) is 0 Å². The van der Waals surface area contributed by atoms with Crippen LogP contribution in [-0.4, -0.2) is 23.8 Å². The van der Waals surface area contributed by atoms with E-state index in [1.165, 1.54) is 37.9 Å². The summed E-state index contributed by atoms with van der Waals surface area (Å²) in [6.07, 6.45) is 4.00. The van der Waals surface area contributed by atoms with Crippen molar-refractivity contribution in [1.82, 2.24) is 4.90 Å². The van der Waals surface area contributed by atoms with Crippen LogP contribution in [0.3, 0.4) is 0 Å². The lowest BCUT2D eigenvalue weighted by molar-refractivity contribution is 0.101. The molecule has 0 amide bonds. The Morgan fingerprint density at radius 2 is 1.90 bits per heavy atom. The molecule has 1 aromatic carbocycles. The van der Waals surface area contributed by atoms with Crippen LogP contribution in [-0.2, 0) is 6.54 Å². The summed E-state index contributed by atoms with van der Waals surface area (Å²) in [5, 5.41) is 0. The third-order valence-corrected chi connectivity index (χ3v) is 4.27. The molecule has 1 atom stereocenters. The molecule has 1 aromatic rings. The van der Waals surface area contributed by atoms with Crippen molar-refractivity contribution in [1.29, 1.82) is 0 Å². The molecule has 0 bridgehead atoms. The van der Waals surface area contributed by atoms with Crippen molar-refractivity contribution in [2.45, 2.75) is 53.5 Å². The maximum Gasteiger partial charge on any atom is 0.159 e. The topological polar surface area (TPSA) is 20.3 Å². The molecule has 2 rings (SSSR count). The van der Waals surface area contributed by atoms with Crippen LogP contribution in [0.25, 0.3) is 0 Å². The second-order valence-corrected chi connectivity index (χ2v) is 7.76. The zero-order valence-electron chi connectivity index (χ0n) is 14.0. The molecular formula is C19H29NO. The Hall–Kier alpha value is -1.15. The van der Waals surface area contributed by atoms with E-state index in [2.05, 4.69) is 37.8 Å². The number of hydrogen-bond donors (Lipinski definition) is 0. The molecule has 21 heavy (non-hydrogen) atoms. The first-order valence-corrected chi connectivity index (χ1v) is 8.16. The van der Waals surface area contributed by atoms with Gasteiger partial charge in [0.15, 0.2) is 5.78 Å². The fraction of sp³-hybridized carbons (Fsp3) is 0.632. The summed E-state index contributed by atoms with van der Waals surface area (Å²) >= 11 is 0. The van der Waals surface area contributed by atoms with Gasteiger partial charge in [0.2, 0.25) is 0 Å². The molecule has 1 aliphatic heterocycles. The van der Waals surface area contributed by atoms with Gasteiger partial charge in [-0.1, -0.05) is 45.0 Å². The fourth-order valence-electron chi connectivity index (χ4n) is 3.43. The molecule has 2 nitrogen and oxygen atoms in total. The fourth-order valence-corrected chi connectivity index (χ4v) is 3.43. The summed E-state index contributed by atoms with van der Waals surface area (Å²) in [5.41, 5.74) is 2.55. The number of piperidine rings is 1. The molecule has 0 N–H and O–H groups in total. The van der Waals surface area contributed by atoms with E-state index in [1.807, 2.05) is 12.1 Å². The number of Topliss-reactive ketones (excluding diaryl/α,β-unsaturated/α-hetero) is 1. The van der Waals surface area contributed by atoms with E-state index in [0.29, 0.717) is 5.41 Å². The standard InChI is InChI=1S/C19H29NO/c1-15(21)18-9-7-16(8-10-18)13-20-11-5-6-17(14-20)12-19(2,3)4/h7-10,17H,5-6,11-14H2,1-4H3. The van der Waals surface area contributed by atoms with Gasteiger partial charge < -0.3 is 0 Å². The van der Waals surface area contributed by atoms with E-state index >= 15 is 0 Å². The van der Waals surface area contributed by atoms with E-state index < -0.39 is 0 Å². The van der Waals surface area contributed by atoms with Crippen molar-refractivity contribution < 1.29 is 4.79 Å². The van der Waals surface area contributed by atoms with Crippen LogP contribution in [0.5, 0.6) is 0 Å². The molecule has 1 heterocycles. The Balaban J connectivity index is 1.91. The number of benzene rings is 1. The first-order valence-electron chi connectivity index (χ1n) is 8.16. The number of rotatable bonds is 4. The summed E-state index contributed by atoms with van der Waals surface area (Å²) in [6, 6.07) is 8.11. The molecule has 0 spiro atoms. The number of nitrogens with zero attached hydrogens (tertiary/aromatic N) is 1. The van der Waals surface area contributed by atoms with Gasteiger partial charge in [0, 0.05) is 18.7 Å². The molecule has 1 unspecified atom stereocenters. The normalized spacial score (nSPS) is 20.5. The maximum atomic E-state index is 11.3. The number of hydrogen-bond acceptors (Lipinski definition) is 2. The second-order valence-electron chi connectivity index (χ2n) is 7.76. The van der Waals surface area contributed by atoms with Crippen LogP contribution in [0, 0.1) is 11.3 Å². The van der Waals surface area contributed by atoms with Gasteiger partial charge in [-0.05, 0) is 49.6 Å². The zero-order chi connectivity index (χ0) is 15.5. The number of ketones is 1. The predicted octanol–water partition coefficient (Wildman–Crippen LogP) is 4.54. The number of carbonyl (C=O) groups is 1. The summed E-state index contributed by atoms with van der Waals surface area (Å²) in [4.78, 5) is 13.9. The third kappa shape index (κ3) is 5.28. The highest BCUT2D eigenvalue weighted by atomic mass is 16.1. The molecule has 0 aliphatic carbocycles. The van der Waals surface area contributed by atoms with Crippen molar-refractivity contribution in [3.05, 3.63) is 35.4 Å².